The van der Waals surface area contributed by atoms with Gasteiger partial charge < -0.3 is 4.74 Å². The first-order valence-corrected chi connectivity index (χ1v) is 4.46. The van der Waals surface area contributed by atoms with Gasteiger partial charge in [-0.1, -0.05) is 32.8 Å². The van der Waals surface area contributed by atoms with Crippen molar-refractivity contribution in [3.63, 3.8) is 0 Å². The summed E-state index contributed by atoms with van der Waals surface area (Å²) in [7, 11) is 1.39. The maximum Gasteiger partial charge on any atom is 0.330 e. The van der Waals surface area contributed by atoms with Gasteiger partial charge in [0.15, 0.2) is 0 Å². The topological polar surface area (TPSA) is 26.3 Å². The number of methoxy groups -OCH3 is 1. The van der Waals surface area contributed by atoms with Crippen LogP contribution in [0.5, 0.6) is 0 Å². The van der Waals surface area contributed by atoms with E-state index in [2.05, 4.69) is 18.6 Å². The van der Waals surface area contributed by atoms with Crippen molar-refractivity contribution in [1.29, 1.82) is 0 Å². The molecule has 0 aromatic rings. The summed E-state index contributed by atoms with van der Waals surface area (Å²) < 4.78 is 4.48. The molecule has 1 atom stereocenters. The molecule has 0 saturated carbocycles. The van der Waals surface area contributed by atoms with Gasteiger partial charge in [0.05, 0.1) is 7.11 Å². The first-order chi connectivity index (χ1) is 5.70. The van der Waals surface area contributed by atoms with Crippen molar-refractivity contribution in [1.82, 2.24) is 0 Å². The quantitative estimate of drug-likeness (QED) is 0.468. The third-order valence-electron chi connectivity index (χ3n) is 1.78. The minimum Gasteiger partial charge on any atom is -0.466 e. The van der Waals surface area contributed by atoms with E-state index in [1.165, 1.54) is 26.0 Å². The van der Waals surface area contributed by atoms with E-state index < -0.39 is 0 Å². The van der Waals surface area contributed by atoms with Crippen LogP contribution in [0.1, 0.15) is 33.1 Å². The van der Waals surface area contributed by atoms with Crippen LogP contribution in [0, 0.1) is 5.92 Å². The van der Waals surface area contributed by atoms with Crippen LogP contribution in [-0.2, 0) is 9.53 Å². The van der Waals surface area contributed by atoms with Crippen molar-refractivity contribution >= 4 is 5.97 Å². The maximum absolute atomic E-state index is 10.7. The van der Waals surface area contributed by atoms with Gasteiger partial charge >= 0.3 is 5.97 Å². The molecule has 0 amide bonds. The molecule has 0 bridgehead atoms. The third kappa shape index (κ3) is 5.96. The molecule has 0 fully saturated rings. The normalized spacial score (nSPS) is 13.2. The minimum absolute atomic E-state index is 0.265. The summed E-state index contributed by atoms with van der Waals surface area (Å²) in [6.07, 6.45) is 6.97. The molecule has 0 aliphatic rings. The van der Waals surface area contributed by atoms with Gasteiger partial charge in [-0.15, -0.1) is 0 Å². The van der Waals surface area contributed by atoms with Crippen LogP contribution < -0.4 is 0 Å². The molecule has 0 aromatic carbocycles. The van der Waals surface area contributed by atoms with Crippen LogP contribution in [-0.4, -0.2) is 13.1 Å². The van der Waals surface area contributed by atoms with Gasteiger partial charge in [-0.25, -0.2) is 4.79 Å². The van der Waals surface area contributed by atoms with Gasteiger partial charge in [0.1, 0.15) is 0 Å². The molecule has 70 valence electrons. The van der Waals surface area contributed by atoms with Gasteiger partial charge in [0.2, 0.25) is 0 Å². The van der Waals surface area contributed by atoms with Crippen molar-refractivity contribution in [2.24, 2.45) is 5.92 Å². The zero-order valence-electron chi connectivity index (χ0n) is 8.17. The lowest BCUT2D eigenvalue weighted by Gasteiger charge is -2.02. The average molecular weight is 170 g/mol. The average Bonchev–Trinajstić information content (AvgIpc) is 2.10. The zero-order valence-corrected chi connectivity index (χ0v) is 8.17. The summed E-state index contributed by atoms with van der Waals surface area (Å²) in [5.74, 6) is 0.211. The molecule has 1 unspecified atom stereocenters. The highest BCUT2D eigenvalue weighted by Gasteiger charge is 1.97. The van der Waals surface area contributed by atoms with Crippen LogP contribution in [0.2, 0.25) is 0 Å². The summed E-state index contributed by atoms with van der Waals surface area (Å²) in [6.45, 7) is 4.27. The molecule has 2 nitrogen and oxygen atoms in total. The lowest BCUT2D eigenvalue weighted by Crippen LogP contribution is -1.96. The first kappa shape index (κ1) is 11.2. The molecule has 2 heteroatoms. The summed E-state index contributed by atoms with van der Waals surface area (Å²) in [5, 5.41) is 0. The number of hydrogen-bond acceptors (Lipinski definition) is 2. The molecular formula is C10H18O2. The Labute approximate surface area is 74.6 Å². The van der Waals surface area contributed by atoms with Crippen molar-refractivity contribution in [3.05, 3.63) is 12.2 Å². The highest BCUT2D eigenvalue weighted by Crippen LogP contribution is 2.08. The van der Waals surface area contributed by atoms with Crippen LogP contribution in [0.4, 0.5) is 0 Å². The molecule has 0 spiro atoms. The number of allylic oxidation sites excluding steroid dienone is 1. The van der Waals surface area contributed by atoms with Crippen molar-refractivity contribution < 1.29 is 9.53 Å². The largest absolute Gasteiger partial charge is 0.466 e. The Bertz CT molecular complexity index is 150. The molecule has 12 heavy (non-hydrogen) atoms. The number of carbonyl (C=O) groups excluding carboxylic acids is 1. The van der Waals surface area contributed by atoms with E-state index in [-0.39, 0.29) is 5.97 Å². The number of unbranched alkanes of at least 4 members (excludes halogenated alkanes) is 1. The Morgan fingerprint density at radius 1 is 1.58 bits per heavy atom. The van der Waals surface area contributed by atoms with Crippen molar-refractivity contribution in [2.45, 2.75) is 33.1 Å². The number of ether oxygens (including phenoxy) is 1. The second-order valence-electron chi connectivity index (χ2n) is 3.00. The van der Waals surface area contributed by atoms with Crippen LogP contribution in [0.15, 0.2) is 12.2 Å². The van der Waals surface area contributed by atoms with Crippen molar-refractivity contribution in [2.75, 3.05) is 7.11 Å². The van der Waals surface area contributed by atoms with E-state index in [9.17, 15) is 4.79 Å². The SMILES string of the molecule is CCCCC(C)/C=C/C(=O)OC. The highest BCUT2D eigenvalue weighted by molar-refractivity contribution is 5.81. The van der Waals surface area contributed by atoms with E-state index in [1.54, 1.807) is 0 Å². The molecule has 0 saturated heterocycles. The van der Waals surface area contributed by atoms with Crippen LogP contribution in [0.3, 0.4) is 0 Å². The van der Waals surface area contributed by atoms with Crippen LogP contribution >= 0.6 is 0 Å². The van der Waals surface area contributed by atoms with E-state index in [4.69, 9.17) is 0 Å². The van der Waals surface area contributed by atoms with Gasteiger partial charge in [-0.05, 0) is 12.3 Å². The fourth-order valence-corrected chi connectivity index (χ4v) is 0.933. The van der Waals surface area contributed by atoms with Gasteiger partial charge in [0, 0.05) is 6.08 Å². The van der Waals surface area contributed by atoms with Gasteiger partial charge in [-0.3, -0.25) is 0 Å². The monoisotopic (exact) mass is 170 g/mol. The molecule has 0 aliphatic heterocycles. The van der Waals surface area contributed by atoms with E-state index >= 15 is 0 Å². The van der Waals surface area contributed by atoms with Gasteiger partial charge in [-0.2, -0.15) is 0 Å². The van der Waals surface area contributed by atoms with Crippen molar-refractivity contribution in [3.8, 4) is 0 Å². The predicted molar refractivity (Wildman–Crippen MR) is 49.8 cm³/mol. The molecule has 0 aromatic heterocycles. The molecule has 0 N–H and O–H groups in total. The first-order valence-electron chi connectivity index (χ1n) is 4.46. The summed E-state index contributed by atoms with van der Waals surface area (Å²) in [5.41, 5.74) is 0. The molecule has 0 radical (unpaired) electrons. The lowest BCUT2D eigenvalue weighted by molar-refractivity contribution is -0.134. The number of rotatable bonds is 5. The van der Waals surface area contributed by atoms with E-state index in [0.29, 0.717) is 5.92 Å². The Morgan fingerprint density at radius 3 is 2.75 bits per heavy atom. The summed E-state index contributed by atoms with van der Waals surface area (Å²) >= 11 is 0. The second-order valence-corrected chi connectivity index (χ2v) is 3.00. The standard InChI is InChI=1S/C10H18O2/c1-4-5-6-9(2)7-8-10(11)12-3/h7-9H,4-6H2,1-3H3/b8-7+. The van der Waals surface area contributed by atoms with E-state index in [0.717, 1.165) is 6.42 Å². The molecule has 0 aliphatic carbocycles. The van der Waals surface area contributed by atoms with Crippen LogP contribution in [0.25, 0.3) is 0 Å². The minimum atomic E-state index is -0.265. The smallest absolute Gasteiger partial charge is 0.330 e. The molecule has 0 rings (SSSR count). The summed E-state index contributed by atoms with van der Waals surface area (Å²) in [4.78, 5) is 10.7. The van der Waals surface area contributed by atoms with E-state index in [1.807, 2.05) is 6.08 Å². The second kappa shape index (κ2) is 6.89. The zero-order chi connectivity index (χ0) is 9.40. The number of esters is 1. The molecule has 0 heterocycles. The third-order valence-corrected chi connectivity index (χ3v) is 1.78. The number of carbonyl (C=O) groups is 1. The van der Waals surface area contributed by atoms with Gasteiger partial charge in [0.25, 0.3) is 0 Å². The molecular weight excluding hydrogens is 152 g/mol. The fourth-order valence-electron chi connectivity index (χ4n) is 0.933. The fraction of sp³-hybridized carbons (Fsp3) is 0.700. The Hall–Kier alpha value is -0.790. The highest BCUT2D eigenvalue weighted by atomic mass is 16.5. The Kier molecular flexibility index (Phi) is 6.44. The Balaban J connectivity index is 3.59. The number of hydrogen-bond donors (Lipinski definition) is 0. The summed E-state index contributed by atoms with van der Waals surface area (Å²) in [6, 6.07) is 0. The maximum atomic E-state index is 10.7. The Morgan fingerprint density at radius 2 is 2.25 bits per heavy atom. The predicted octanol–water partition coefficient (Wildman–Crippen LogP) is 2.54. The lowest BCUT2D eigenvalue weighted by atomic mass is 10.0.